The Morgan fingerprint density at radius 3 is 2.59 bits per heavy atom. The highest BCUT2D eigenvalue weighted by Crippen LogP contribution is 2.38. The normalized spacial score (nSPS) is 19.7. The molecule has 0 amide bonds. The van der Waals surface area contributed by atoms with E-state index in [0.29, 0.717) is 6.04 Å². The summed E-state index contributed by atoms with van der Waals surface area (Å²) in [5.41, 5.74) is 4.16. The average molecular weight is 233 g/mol. The molecular formula is C15H23NO. The fourth-order valence-corrected chi connectivity index (χ4v) is 2.42. The van der Waals surface area contributed by atoms with E-state index in [4.69, 9.17) is 4.74 Å². The number of aryl methyl sites for hydroxylation is 1. The quantitative estimate of drug-likeness (QED) is 0.803. The predicted molar refractivity (Wildman–Crippen MR) is 71.8 cm³/mol. The van der Waals surface area contributed by atoms with E-state index < -0.39 is 0 Å². The first-order chi connectivity index (χ1) is 7.93. The van der Waals surface area contributed by atoms with Gasteiger partial charge in [-0.15, -0.1) is 0 Å². The maximum Gasteiger partial charge on any atom is 0.126 e. The van der Waals surface area contributed by atoms with Crippen LogP contribution < -0.4 is 10.1 Å². The summed E-state index contributed by atoms with van der Waals surface area (Å²) < 4.78 is 5.81. The molecule has 0 radical (unpaired) electrons. The van der Waals surface area contributed by atoms with Crippen molar-refractivity contribution in [2.75, 3.05) is 13.7 Å². The van der Waals surface area contributed by atoms with E-state index in [-0.39, 0.29) is 5.41 Å². The molecule has 0 aliphatic carbocycles. The van der Waals surface area contributed by atoms with Crippen molar-refractivity contribution in [1.82, 2.24) is 5.32 Å². The van der Waals surface area contributed by atoms with Crippen LogP contribution in [0.1, 0.15) is 49.9 Å². The van der Waals surface area contributed by atoms with Crippen molar-refractivity contribution in [3.05, 3.63) is 28.8 Å². The minimum Gasteiger partial charge on any atom is -0.493 e. The summed E-state index contributed by atoms with van der Waals surface area (Å²) in [6, 6.07) is 5.00. The van der Waals surface area contributed by atoms with Gasteiger partial charge in [0.1, 0.15) is 5.75 Å². The Morgan fingerprint density at radius 1 is 1.29 bits per heavy atom. The Bertz CT molecular complexity index is 418. The van der Waals surface area contributed by atoms with Crippen LogP contribution >= 0.6 is 0 Å². The van der Waals surface area contributed by atoms with Crippen LogP contribution in [0, 0.1) is 6.92 Å². The molecule has 1 atom stereocenters. The number of hydrogen-bond donors (Lipinski definition) is 1. The Morgan fingerprint density at radius 2 is 2.00 bits per heavy atom. The second kappa shape index (κ2) is 4.34. The third-order valence-electron chi connectivity index (χ3n) is 3.55. The Balaban J connectivity index is 2.54. The van der Waals surface area contributed by atoms with Crippen LogP contribution in [-0.4, -0.2) is 13.7 Å². The van der Waals surface area contributed by atoms with Crippen molar-refractivity contribution in [1.29, 1.82) is 0 Å². The smallest absolute Gasteiger partial charge is 0.126 e. The lowest BCUT2D eigenvalue weighted by Crippen LogP contribution is -2.25. The lowest BCUT2D eigenvalue weighted by molar-refractivity contribution is 0.255. The highest BCUT2D eigenvalue weighted by atomic mass is 16.5. The number of nitrogens with one attached hydrogen (secondary N) is 1. The molecule has 1 aliphatic heterocycles. The standard InChI is InChI=1S/C15H23NO/c1-10-8-11(15(2,3)4)9-12-13(16-5)6-7-17-14(10)12/h8-9,13,16H,6-7H2,1-5H3. The number of fused-ring (bicyclic) bond motifs is 1. The van der Waals surface area contributed by atoms with Crippen LogP contribution in [0.4, 0.5) is 0 Å². The van der Waals surface area contributed by atoms with Gasteiger partial charge in [-0.3, -0.25) is 0 Å². The molecule has 94 valence electrons. The number of ether oxygens (including phenoxy) is 1. The zero-order valence-electron chi connectivity index (χ0n) is 11.6. The monoisotopic (exact) mass is 233 g/mol. The summed E-state index contributed by atoms with van der Waals surface area (Å²) in [7, 11) is 2.03. The highest BCUT2D eigenvalue weighted by Gasteiger charge is 2.25. The van der Waals surface area contributed by atoms with Crippen LogP contribution in [0.15, 0.2) is 12.1 Å². The molecule has 0 fully saturated rings. The molecule has 17 heavy (non-hydrogen) atoms. The summed E-state index contributed by atoms with van der Waals surface area (Å²) in [6.45, 7) is 9.73. The topological polar surface area (TPSA) is 21.3 Å². The van der Waals surface area contributed by atoms with Gasteiger partial charge >= 0.3 is 0 Å². The molecule has 0 bridgehead atoms. The van der Waals surface area contributed by atoms with E-state index in [1.807, 2.05) is 7.05 Å². The summed E-state index contributed by atoms with van der Waals surface area (Å²) in [4.78, 5) is 0. The summed E-state index contributed by atoms with van der Waals surface area (Å²) in [6.07, 6.45) is 1.05. The second-order valence-electron chi connectivity index (χ2n) is 5.94. The van der Waals surface area contributed by atoms with Crippen LogP contribution in [0.25, 0.3) is 0 Å². The summed E-state index contributed by atoms with van der Waals surface area (Å²) in [5, 5.41) is 3.39. The van der Waals surface area contributed by atoms with E-state index >= 15 is 0 Å². The first kappa shape index (κ1) is 12.4. The molecule has 0 aromatic heterocycles. The summed E-state index contributed by atoms with van der Waals surface area (Å²) in [5.74, 6) is 1.09. The highest BCUT2D eigenvalue weighted by molar-refractivity contribution is 5.48. The van der Waals surface area contributed by atoms with E-state index in [9.17, 15) is 0 Å². The molecule has 2 rings (SSSR count). The Labute approximate surface area is 104 Å². The average Bonchev–Trinajstić information content (AvgIpc) is 2.27. The van der Waals surface area contributed by atoms with Crippen molar-refractivity contribution in [2.45, 2.75) is 45.6 Å². The van der Waals surface area contributed by atoms with E-state index in [2.05, 4.69) is 45.1 Å². The van der Waals surface area contributed by atoms with Gasteiger partial charge in [-0.2, -0.15) is 0 Å². The minimum atomic E-state index is 0.190. The van der Waals surface area contributed by atoms with E-state index in [1.54, 1.807) is 0 Å². The molecule has 0 saturated carbocycles. The third kappa shape index (κ3) is 2.32. The van der Waals surface area contributed by atoms with Gasteiger partial charge in [-0.05, 0) is 36.6 Å². The molecule has 2 heteroatoms. The molecule has 1 aliphatic rings. The van der Waals surface area contributed by atoms with Gasteiger partial charge in [0.2, 0.25) is 0 Å². The van der Waals surface area contributed by atoms with Gasteiger partial charge in [0, 0.05) is 18.0 Å². The van der Waals surface area contributed by atoms with Crippen molar-refractivity contribution in [3.8, 4) is 5.75 Å². The minimum absolute atomic E-state index is 0.190. The van der Waals surface area contributed by atoms with Gasteiger partial charge in [0.25, 0.3) is 0 Å². The van der Waals surface area contributed by atoms with Gasteiger partial charge in [0.05, 0.1) is 6.61 Å². The van der Waals surface area contributed by atoms with E-state index in [1.165, 1.54) is 16.7 Å². The van der Waals surface area contributed by atoms with Gasteiger partial charge in [-0.1, -0.05) is 26.8 Å². The zero-order valence-corrected chi connectivity index (χ0v) is 11.6. The molecule has 1 N–H and O–H groups in total. The molecule has 1 aromatic carbocycles. The van der Waals surface area contributed by atoms with Gasteiger partial charge < -0.3 is 10.1 Å². The first-order valence-corrected chi connectivity index (χ1v) is 6.38. The molecular weight excluding hydrogens is 210 g/mol. The van der Waals surface area contributed by atoms with Crippen LogP contribution in [-0.2, 0) is 5.41 Å². The van der Waals surface area contributed by atoms with Crippen molar-refractivity contribution >= 4 is 0 Å². The number of hydrogen-bond acceptors (Lipinski definition) is 2. The second-order valence-corrected chi connectivity index (χ2v) is 5.94. The van der Waals surface area contributed by atoms with Crippen molar-refractivity contribution in [3.63, 3.8) is 0 Å². The van der Waals surface area contributed by atoms with Crippen molar-refractivity contribution in [2.24, 2.45) is 0 Å². The molecule has 0 spiro atoms. The maximum atomic E-state index is 5.81. The molecule has 1 heterocycles. The van der Waals surface area contributed by atoms with Gasteiger partial charge in [0.15, 0.2) is 0 Å². The first-order valence-electron chi connectivity index (χ1n) is 6.38. The SMILES string of the molecule is CNC1CCOc2c(C)cc(C(C)(C)C)cc21. The zero-order chi connectivity index (χ0) is 12.6. The summed E-state index contributed by atoms with van der Waals surface area (Å²) >= 11 is 0. The lowest BCUT2D eigenvalue weighted by atomic mass is 9.83. The third-order valence-corrected chi connectivity index (χ3v) is 3.55. The number of benzene rings is 1. The molecule has 1 aromatic rings. The van der Waals surface area contributed by atoms with Crippen LogP contribution in [0.2, 0.25) is 0 Å². The fourth-order valence-electron chi connectivity index (χ4n) is 2.42. The van der Waals surface area contributed by atoms with Crippen LogP contribution in [0.5, 0.6) is 5.75 Å². The molecule has 2 nitrogen and oxygen atoms in total. The molecule has 1 unspecified atom stereocenters. The predicted octanol–water partition coefficient (Wildman–Crippen LogP) is 3.34. The lowest BCUT2D eigenvalue weighted by Gasteiger charge is -2.30. The Hall–Kier alpha value is -1.02. The fraction of sp³-hybridized carbons (Fsp3) is 0.600. The molecule has 0 saturated heterocycles. The Kier molecular flexibility index (Phi) is 3.17. The largest absolute Gasteiger partial charge is 0.493 e. The maximum absolute atomic E-state index is 5.81. The van der Waals surface area contributed by atoms with E-state index in [0.717, 1.165) is 18.8 Å². The van der Waals surface area contributed by atoms with Crippen molar-refractivity contribution < 1.29 is 4.74 Å². The van der Waals surface area contributed by atoms with Crippen LogP contribution in [0.3, 0.4) is 0 Å². The van der Waals surface area contributed by atoms with Gasteiger partial charge in [-0.25, -0.2) is 0 Å². The number of rotatable bonds is 1.